The van der Waals surface area contributed by atoms with E-state index in [1.54, 1.807) is 0 Å². The molecule has 4 rings (SSSR count). The molecular weight excluding hydrogens is 261 g/mol. The minimum absolute atomic E-state index is 0.725. The number of benzene rings is 1. The van der Waals surface area contributed by atoms with Crippen molar-refractivity contribution in [1.82, 2.24) is 4.98 Å². The van der Waals surface area contributed by atoms with Crippen LogP contribution in [0.2, 0.25) is 0 Å². The molecule has 0 aliphatic heterocycles. The molecule has 0 bridgehead atoms. The summed E-state index contributed by atoms with van der Waals surface area (Å²) in [5.74, 6) is 0. The minimum Gasteiger partial charge on any atom is -0.256 e. The maximum atomic E-state index is 4.58. The van der Waals surface area contributed by atoms with Crippen molar-refractivity contribution in [2.45, 2.75) is 6.92 Å². The van der Waals surface area contributed by atoms with E-state index in [-0.39, 0.29) is 0 Å². The molecule has 0 N–H and O–H groups in total. The summed E-state index contributed by atoms with van der Waals surface area (Å²) in [6.45, 7) is 6.32. The van der Waals surface area contributed by atoms with Gasteiger partial charge in [0.15, 0.2) is 0 Å². The van der Waals surface area contributed by atoms with Crippen molar-refractivity contribution in [3.05, 3.63) is 69.7 Å². The highest BCUT2D eigenvalue weighted by Crippen LogP contribution is 2.32. The lowest BCUT2D eigenvalue weighted by molar-refractivity contribution is 1.40. The fraction of sp³-hybridized carbons (Fsp3) is 0.0556. The zero-order chi connectivity index (χ0) is 13.7. The van der Waals surface area contributed by atoms with E-state index in [0.717, 1.165) is 13.7 Å². The van der Waals surface area contributed by atoms with Crippen LogP contribution in [0.5, 0.6) is 0 Å². The van der Waals surface area contributed by atoms with Gasteiger partial charge in [0, 0.05) is 22.1 Å². The Morgan fingerprint density at radius 1 is 1.10 bits per heavy atom. The molecule has 96 valence electrons. The highest BCUT2D eigenvalue weighted by Gasteiger charge is 2.16. The van der Waals surface area contributed by atoms with Crippen molar-refractivity contribution in [3.63, 3.8) is 0 Å². The topological polar surface area (TPSA) is 12.9 Å². The smallest absolute Gasteiger partial charge is 0.0780 e. The van der Waals surface area contributed by atoms with Gasteiger partial charge in [0.1, 0.15) is 0 Å². The van der Waals surface area contributed by atoms with Gasteiger partial charge >= 0.3 is 0 Å². The van der Waals surface area contributed by atoms with E-state index < -0.39 is 0 Å². The van der Waals surface area contributed by atoms with E-state index in [4.69, 9.17) is 0 Å². The van der Waals surface area contributed by atoms with Crippen molar-refractivity contribution in [2.75, 3.05) is 0 Å². The van der Waals surface area contributed by atoms with Gasteiger partial charge in [-0.3, -0.25) is 4.98 Å². The fourth-order valence-corrected chi connectivity index (χ4v) is 4.09. The number of nitrogens with zero attached hydrogens (tertiary/aromatic N) is 1. The zero-order valence-electron chi connectivity index (χ0n) is 11.3. The quantitative estimate of drug-likeness (QED) is 0.664. The number of aromatic nitrogens is 1. The third kappa shape index (κ3) is 1.60. The summed E-state index contributed by atoms with van der Waals surface area (Å²) in [5.41, 5.74) is 6.33. The summed E-state index contributed by atoms with van der Waals surface area (Å²) in [6.07, 6.45) is 4.16. The van der Waals surface area contributed by atoms with Crippen LogP contribution in [0.3, 0.4) is 0 Å². The van der Waals surface area contributed by atoms with E-state index >= 15 is 0 Å². The van der Waals surface area contributed by atoms with Crippen LogP contribution in [0.4, 0.5) is 0 Å². The summed E-state index contributed by atoms with van der Waals surface area (Å²) in [4.78, 5) is 7.26. The van der Waals surface area contributed by atoms with Crippen LogP contribution in [0.15, 0.2) is 48.7 Å². The molecule has 0 saturated carbocycles. The molecule has 0 amide bonds. The van der Waals surface area contributed by atoms with Crippen LogP contribution >= 0.6 is 8.19 Å². The molecule has 1 aliphatic rings. The predicted octanol–water partition coefficient (Wildman–Crippen LogP) is 3.29. The number of hydrogen-bond acceptors (Lipinski definition) is 1. The fourth-order valence-electron chi connectivity index (χ4n) is 2.94. The summed E-state index contributed by atoms with van der Waals surface area (Å²) >= 11 is 0. The van der Waals surface area contributed by atoms with Crippen LogP contribution in [0.1, 0.15) is 18.1 Å². The zero-order valence-corrected chi connectivity index (χ0v) is 12.3. The van der Waals surface area contributed by atoms with Crippen molar-refractivity contribution >= 4 is 36.8 Å². The van der Waals surface area contributed by atoms with Gasteiger partial charge in [-0.1, -0.05) is 30.8 Å². The third-order valence-corrected chi connectivity index (χ3v) is 5.22. The van der Waals surface area contributed by atoms with Gasteiger partial charge in [0.05, 0.1) is 5.52 Å². The Hall–Kier alpha value is -2.11. The number of allylic oxidation sites excluding steroid dienone is 1. The van der Waals surface area contributed by atoms with Crippen LogP contribution in [-0.4, -0.2) is 4.98 Å². The molecule has 0 saturated heterocycles. The van der Waals surface area contributed by atoms with Gasteiger partial charge in [-0.2, -0.15) is 0 Å². The first-order valence-electron chi connectivity index (χ1n) is 6.69. The van der Waals surface area contributed by atoms with Crippen LogP contribution < -0.4 is 9.90 Å². The van der Waals surface area contributed by atoms with Crippen LogP contribution in [0, 0.1) is 0 Å². The van der Waals surface area contributed by atoms with Crippen LogP contribution in [0.25, 0.3) is 28.6 Å². The first-order chi connectivity index (χ1) is 9.74. The molecule has 1 aliphatic carbocycles. The van der Waals surface area contributed by atoms with Crippen molar-refractivity contribution < 1.29 is 0 Å². The summed E-state index contributed by atoms with van der Waals surface area (Å²) in [7, 11) is 0.725. The molecule has 0 radical (unpaired) electrons. The Morgan fingerprint density at radius 2 is 1.95 bits per heavy atom. The van der Waals surface area contributed by atoms with Gasteiger partial charge in [-0.25, -0.2) is 0 Å². The molecule has 2 aromatic heterocycles. The summed E-state index contributed by atoms with van der Waals surface area (Å²) in [5, 5.41) is 1.19. The Balaban J connectivity index is 2.04. The highest BCUT2D eigenvalue weighted by atomic mass is 31.0. The van der Waals surface area contributed by atoms with E-state index in [0.29, 0.717) is 0 Å². The van der Waals surface area contributed by atoms with E-state index in [2.05, 4.69) is 54.9 Å². The third-order valence-electron chi connectivity index (χ3n) is 3.84. The average Bonchev–Trinajstić information content (AvgIpc) is 2.98. The lowest BCUT2D eigenvalue weighted by atomic mass is 9.99. The molecule has 2 heteroatoms. The second-order valence-corrected chi connectivity index (χ2v) is 6.60. The highest BCUT2D eigenvalue weighted by molar-refractivity contribution is 7.28. The number of fused-ring (bicyclic) bond motifs is 2. The largest absolute Gasteiger partial charge is 0.256 e. The van der Waals surface area contributed by atoms with Gasteiger partial charge < -0.3 is 0 Å². The first kappa shape index (κ1) is 11.7. The molecular formula is C18H14NP. The minimum atomic E-state index is 0.725. The normalized spacial score (nSPS) is 14.1. The Morgan fingerprint density at radius 3 is 2.85 bits per heavy atom. The second kappa shape index (κ2) is 4.19. The molecule has 0 fully saturated rings. The van der Waals surface area contributed by atoms with Crippen molar-refractivity contribution in [2.24, 2.45) is 0 Å². The molecule has 1 aromatic carbocycles. The van der Waals surface area contributed by atoms with E-state index in [1.807, 2.05) is 12.3 Å². The molecule has 2 heterocycles. The molecule has 1 unspecified atom stereocenters. The number of hydrogen-bond donors (Lipinski definition) is 0. The van der Waals surface area contributed by atoms with Crippen molar-refractivity contribution in [1.29, 1.82) is 0 Å². The lowest BCUT2D eigenvalue weighted by Gasteiger charge is -2.07. The molecule has 0 spiro atoms. The Kier molecular flexibility index (Phi) is 2.45. The van der Waals surface area contributed by atoms with Gasteiger partial charge in [-0.05, 0) is 46.8 Å². The first-order valence-corrected chi connectivity index (χ1v) is 7.69. The maximum Gasteiger partial charge on any atom is 0.0780 e. The Labute approximate surface area is 119 Å². The molecule has 3 aromatic rings. The summed E-state index contributed by atoms with van der Waals surface area (Å²) in [6, 6.07) is 12.7. The van der Waals surface area contributed by atoms with E-state index in [1.165, 1.54) is 37.6 Å². The average molecular weight is 275 g/mol. The standard InChI is InChI=1S/C18H14NP/c1-11-9-15(16-10-12(2)20-18(11)16)14-7-3-5-13-6-4-8-19-17(13)14/h3-10,20H,2H2,1H3. The van der Waals surface area contributed by atoms with E-state index in [9.17, 15) is 0 Å². The van der Waals surface area contributed by atoms with Gasteiger partial charge in [0.25, 0.3) is 0 Å². The molecule has 1 atom stereocenters. The van der Waals surface area contributed by atoms with Gasteiger partial charge in [-0.15, -0.1) is 8.19 Å². The van der Waals surface area contributed by atoms with Crippen molar-refractivity contribution in [3.8, 4) is 0 Å². The van der Waals surface area contributed by atoms with Crippen LogP contribution in [-0.2, 0) is 0 Å². The number of pyridine rings is 1. The molecule has 20 heavy (non-hydrogen) atoms. The monoisotopic (exact) mass is 275 g/mol. The second-order valence-electron chi connectivity index (χ2n) is 5.20. The molecule has 1 nitrogen and oxygen atoms in total. The number of para-hydroxylation sites is 1. The predicted molar refractivity (Wildman–Crippen MR) is 88.6 cm³/mol. The van der Waals surface area contributed by atoms with Gasteiger partial charge in [0.2, 0.25) is 0 Å². The Bertz CT molecular complexity index is 971. The maximum absolute atomic E-state index is 4.58. The lowest BCUT2D eigenvalue weighted by Crippen LogP contribution is -1.97. The SMILES string of the molecule is C=c1cc2c([pH]1)=C(C)C=C2c1cccc2cccnc12. The summed E-state index contributed by atoms with van der Waals surface area (Å²) < 4.78 is 0. The number of rotatable bonds is 1.